The molecule has 2 aliphatic rings. The number of carbonyl (C=O) groups is 1. The number of nitrogens with one attached hydrogen (secondary N) is 1. The van der Waals surface area contributed by atoms with Gasteiger partial charge in [0.2, 0.25) is 5.91 Å². The Labute approximate surface area is 580 Å². The average molecular weight is 1340 g/mol. The second kappa shape index (κ2) is 64.8. The highest BCUT2D eigenvalue weighted by atomic mass is 16.7. The molecule has 9 N–H and O–H groups in total. The third kappa shape index (κ3) is 48.0. The first-order chi connectivity index (χ1) is 46.6. The molecule has 2 rings (SSSR count). The largest absolute Gasteiger partial charge is 0.394 e. The highest BCUT2D eigenvalue weighted by Gasteiger charge is 2.51. The maximum absolute atomic E-state index is 13.4. The van der Waals surface area contributed by atoms with Gasteiger partial charge in [0.1, 0.15) is 48.8 Å². The summed E-state index contributed by atoms with van der Waals surface area (Å²) in [5.41, 5.74) is 0. The third-order valence-electron chi connectivity index (χ3n) is 19.1. The number of carbonyl (C=O) groups excluding carboxylic acids is 1. The maximum Gasteiger partial charge on any atom is 0.220 e. The molecule has 2 heterocycles. The molecule has 554 valence electrons. The van der Waals surface area contributed by atoms with Gasteiger partial charge < -0.3 is 65.1 Å². The number of rotatable bonds is 66. The van der Waals surface area contributed by atoms with Gasteiger partial charge in [-0.15, -0.1) is 0 Å². The standard InChI is InChI=1S/C81H147NO13/c1-3-5-7-9-11-13-15-17-19-21-23-25-27-29-31-33-34-35-36-37-39-41-43-45-47-49-51-53-55-57-59-61-63-65-73(86)82-69(68-92-80-78(91)76(89)79(72(67-84)94-80)95-81-77(90)75(88)74(87)71(66-83)93-81)70(85)64-62-60-58-56-54-52-50-48-46-44-42-40-38-32-30-28-26-24-22-20-18-16-14-12-10-8-6-4-2/h5,7,11,13,17,19,23,25,54,56,62,64,69-72,74-81,83-85,87-91H,3-4,6,8-10,12,14-16,18,20-22,24,26-53,55,57-61,63,65-68H2,1-2H3,(H,82,86)/b7-5-,13-11-,19-17-,25-23-,56-54+,64-62+. The molecule has 0 bridgehead atoms. The highest BCUT2D eigenvalue weighted by Crippen LogP contribution is 2.30. The van der Waals surface area contributed by atoms with E-state index in [0.29, 0.717) is 12.8 Å². The monoisotopic (exact) mass is 1340 g/mol. The van der Waals surface area contributed by atoms with E-state index in [1.807, 2.05) is 6.08 Å². The fourth-order valence-electron chi connectivity index (χ4n) is 12.9. The molecule has 0 spiro atoms. The second-order valence-electron chi connectivity index (χ2n) is 27.8. The van der Waals surface area contributed by atoms with Gasteiger partial charge in [0.15, 0.2) is 12.6 Å². The van der Waals surface area contributed by atoms with E-state index in [4.69, 9.17) is 18.9 Å². The molecule has 0 aromatic rings. The third-order valence-corrected chi connectivity index (χ3v) is 19.1. The van der Waals surface area contributed by atoms with Crippen molar-refractivity contribution in [2.45, 2.75) is 415 Å². The van der Waals surface area contributed by atoms with Crippen LogP contribution in [0.3, 0.4) is 0 Å². The molecule has 14 nitrogen and oxygen atoms in total. The second-order valence-corrected chi connectivity index (χ2v) is 27.8. The molecule has 1 amide bonds. The molecule has 14 heteroatoms. The summed E-state index contributed by atoms with van der Waals surface area (Å²) in [7, 11) is 0. The predicted molar refractivity (Wildman–Crippen MR) is 392 cm³/mol. The summed E-state index contributed by atoms with van der Waals surface area (Å²) in [5.74, 6) is -0.244. The minimum absolute atomic E-state index is 0.244. The number of unbranched alkanes of at least 4 members (excludes halogenated alkanes) is 43. The lowest BCUT2D eigenvalue weighted by molar-refractivity contribution is -0.359. The predicted octanol–water partition coefficient (Wildman–Crippen LogP) is 17.7. The molecule has 0 saturated carbocycles. The lowest BCUT2D eigenvalue weighted by atomic mass is 9.97. The van der Waals surface area contributed by atoms with Crippen LogP contribution in [-0.2, 0) is 23.7 Å². The van der Waals surface area contributed by atoms with Crippen molar-refractivity contribution >= 4 is 5.91 Å². The molecule has 2 fully saturated rings. The summed E-state index contributed by atoms with van der Waals surface area (Å²) < 4.78 is 22.9. The van der Waals surface area contributed by atoms with Crippen LogP contribution in [0.1, 0.15) is 341 Å². The van der Waals surface area contributed by atoms with E-state index in [-0.39, 0.29) is 18.9 Å². The van der Waals surface area contributed by atoms with Crippen LogP contribution >= 0.6 is 0 Å². The summed E-state index contributed by atoms with van der Waals surface area (Å²) in [4.78, 5) is 13.4. The molecule has 2 saturated heterocycles. The SMILES string of the molecule is CC/C=C\C/C=C\C/C=C\C/C=C\CCCCCCCCCCCCCCCCCCCCCCC(=O)NC(COC1OC(CO)C(OC2OC(CO)C(O)C(O)C2O)C(O)C1O)C(O)/C=C/CC/C=C/CCCCCCCCCCCCCCCCCCCCCCCC. The van der Waals surface area contributed by atoms with E-state index < -0.39 is 86.8 Å². The van der Waals surface area contributed by atoms with E-state index in [0.717, 1.165) is 57.8 Å². The van der Waals surface area contributed by atoms with Crippen LogP contribution in [0.15, 0.2) is 72.9 Å². The van der Waals surface area contributed by atoms with Crippen molar-refractivity contribution in [3.8, 4) is 0 Å². The first kappa shape index (κ1) is 88.5. The molecule has 2 aliphatic heterocycles. The first-order valence-electron chi connectivity index (χ1n) is 39.7. The van der Waals surface area contributed by atoms with Crippen LogP contribution < -0.4 is 5.32 Å². The van der Waals surface area contributed by atoms with Crippen LogP contribution in [-0.4, -0.2) is 140 Å². The van der Waals surface area contributed by atoms with E-state index in [1.165, 1.54) is 250 Å². The van der Waals surface area contributed by atoms with E-state index >= 15 is 0 Å². The summed E-state index contributed by atoms with van der Waals surface area (Å²) >= 11 is 0. The zero-order valence-corrected chi connectivity index (χ0v) is 60.7. The van der Waals surface area contributed by atoms with Gasteiger partial charge in [-0.25, -0.2) is 0 Å². The summed E-state index contributed by atoms with van der Waals surface area (Å²) in [5, 5.41) is 87.6. The topological polar surface area (TPSA) is 228 Å². The molecule has 0 aromatic heterocycles. The van der Waals surface area contributed by atoms with Crippen molar-refractivity contribution in [2.75, 3.05) is 19.8 Å². The Morgan fingerprint density at radius 3 is 1.16 bits per heavy atom. The normalized spacial score (nSPS) is 22.7. The van der Waals surface area contributed by atoms with Crippen LogP contribution in [0.4, 0.5) is 0 Å². The number of hydrogen-bond donors (Lipinski definition) is 9. The van der Waals surface area contributed by atoms with Gasteiger partial charge in [-0.2, -0.15) is 0 Å². The van der Waals surface area contributed by atoms with Gasteiger partial charge in [0.25, 0.3) is 0 Å². The maximum atomic E-state index is 13.4. The average Bonchev–Trinajstić information content (AvgIpc) is 0.801. The minimum Gasteiger partial charge on any atom is -0.394 e. The van der Waals surface area contributed by atoms with Gasteiger partial charge >= 0.3 is 0 Å². The number of amides is 1. The lowest BCUT2D eigenvalue weighted by Crippen LogP contribution is -2.65. The number of ether oxygens (including phenoxy) is 4. The molecule has 12 atom stereocenters. The Morgan fingerprint density at radius 1 is 0.389 bits per heavy atom. The number of hydrogen-bond acceptors (Lipinski definition) is 13. The number of aliphatic hydroxyl groups excluding tert-OH is 8. The Hall–Kier alpha value is -2.57. The quantitative estimate of drug-likeness (QED) is 0.0204. The summed E-state index contributed by atoms with van der Waals surface area (Å²) in [6.07, 6.45) is 72.7. The van der Waals surface area contributed by atoms with Crippen LogP contribution in [0.5, 0.6) is 0 Å². The highest BCUT2D eigenvalue weighted by molar-refractivity contribution is 5.76. The fourth-order valence-corrected chi connectivity index (χ4v) is 12.9. The van der Waals surface area contributed by atoms with Crippen molar-refractivity contribution in [3.63, 3.8) is 0 Å². The number of aliphatic hydroxyl groups is 8. The van der Waals surface area contributed by atoms with Crippen molar-refractivity contribution in [3.05, 3.63) is 72.9 Å². The summed E-state index contributed by atoms with van der Waals surface area (Å²) in [6.45, 7) is 2.72. The van der Waals surface area contributed by atoms with Gasteiger partial charge in [-0.3, -0.25) is 4.79 Å². The van der Waals surface area contributed by atoms with Gasteiger partial charge in [0, 0.05) is 6.42 Å². The van der Waals surface area contributed by atoms with Crippen LogP contribution in [0.2, 0.25) is 0 Å². The van der Waals surface area contributed by atoms with Gasteiger partial charge in [-0.05, 0) is 70.6 Å². The molecular formula is C81H147NO13. The van der Waals surface area contributed by atoms with Crippen LogP contribution in [0, 0.1) is 0 Å². The van der Waals surface area contributed by atoms with E-state index in [1.54, 1.807) is 6.08 Å². The zero-order chi connectivity index (χ0) is 68.7. The Balaban J connectivity index is 1.63. The minimum atomic E-state index is -1.79. The van der Waals surface area contributed by atoms with Crippen LogP contribution in [0.25, 0.3) is 0 Å². The van der Waals surface area contributed by atoms with Gasteiger partial charge in [-0.1, -0.05) is 337 Å². The molecule has 12 unspecified atom stereocenters. The molecule has 0 aliphatic carbocycles. The van der Waals surface area contributed by atoms with Crippen molar-refractivity contribution in [1.82, 2.24) is 5.32 Å². The van der Waals surface area contributed by atoms with E-state index in [9.17, 15) is 45.6 Å². The molecule has 95 heavy (non-hydrogen) atoms. The Morgan fingerprint density at radius 2 is 0.737 bits per heavy atom. The van der Waals surface area contributed by atoms with Crippen molar-refractivity contribution in [1.29, 1.82) is 0 Å². The number of allylic oxidation sites excluding steroid dienone is 11. The van der Waals surface area contributed by atoms with Crippen molar-refractivity contribution < 1.29 is 64.6 Å². The lowest BCUT2D eigenvalue weighted by Gasteiger charge is -2.46. The fraction of sp³-hybridized carbons (Fsp3) is 0.840. The molecule has 0 radical (unpaired) electrons. The molecule has 0 aromatic carbocycles. The summed E-state index contributed by atoms with van der Waals surface area (Å²) in [6, 6.07) is -0.935. The smallest absolute Gasteiger partial charge is 0.220 e. The Bertz CT molecular complexity index is 1870. The Kier molecular flexibility index (Phi) is 60.4. The van der Waals surface area contributed by atoms with Gasteiger partial charge in [0.05, 0.1) is 32.0 Å². The van der Waals surface area contributed by atoms with Crippen molar-refractivity contribution in [2.24, 2.45) is 0 Å². The molecular weight excluding hydrogens is 1190 g/mol. The zero-order valence-electron chi connectivity index (χ0n) is 60.7. The van der Waals surface area contributed by atoms with E-state index in [2.05, 4.69) is 79.9 Å². The first-order valence-corrected chi connectivity index (χ1v) is 39.7.